The van der Waals surface area contributed by atoms with Crippen molar-refractivity contribution in [1.82, 2.24) is 19.7 Å². The molecule has 2 aromatic heterocycles. The van der Waals surface area contributed by atoms with E-state index in [0.29, 0.717) is 28.6 Å². The van der Waals surface area contributed by atoms with Crippen LogP contribution in [-0.2, 0) is 0 Å². The van der Waals surface area contributed by atoms with Gasteiger partial charge >= 0.3 is 0 Å². The van der Waals surface area contributed by atoms with Crippen LogP contribution in [0.25, 0.3) is 17.1 Å². The lowest BCUT2D eigenvalue weighted by molar-refractivity contribution is 0.101. The summed E-state index contributed by atoms with van der Waals surface area (Å²) in [4.78, 5) is 32.2. The topological polar surface area (TPSA) is 80.6 Å². The fourth-order valence-electron chi connectivity index (χ4n) is 3.76. The Hall–Kier alpha value is -3.02. The average Bonchev–Trinajstić information content (AvgIpc) is 3.32. The van der Waals surface area contributed by atoms with Crippen LogP contribution in [0.2, 0.25) is 0 Å². The highest BCUT2D eigenvalue weighted by Crippen LogP contribution is 2.33. The van der Waals surface area contributed by atoms with Crippen LogP contribution in [0, 0.1) is 6.92 Å². The number of Topliss-reactive ketones (excluding diaryl/α,β-unsaturated/α-hetero) is 1. The summed E-state index contributed by atoms with van der Waals surface area (Å²) in [6.07, 6.45) is 4.50. The molecular formula is C21H22N4O2. The van der Waals surface area contributed by atoms with Crippen LogP contribution in [-0.4, -0.2) is 25.5 Å². The predicted octanol–water partition coefficient (Wildman–Crippen LogP) is 3.79. The quantitative estimate of drug-likeness (QED) is 0.716. The van der Waals surface area contributed by atoms with E-state index in [0.717, 1.165) is 24.4 Å². The first-order valence-electron chi connectivity index (χ1n) is 9.32. The van der Waals surface area contributed by atoms with Crippen molar-refractivity contribution in [3.05, 3.63) is 63.8 Å². The Morgan fingerprint density at radius 3 is 2.56 bits per heavy atom. The summed E-state index contributed by atoms with van der Waals surface area (Å²) in [5.41, 5.74) is 2.01. The first-order chi connectivity index (χ1) is 13.0. The fourth-order valence-corrected chi connectivity index (χ4v) is 3.76. The number of hydrogen-bond donors (Lipinski definition) is 1. The Morgan fingerprint density at radius 2 is 1.89 bits per heavy atom. The summed E-state index contributed by atoms with van der Waals surface area (Å²) in [5, 5.41) is 4.74. The van der Waals surface area contributed by atoms with Gasteiger partial charge in [-0.2, -0.15) is 5.10 Å². The van der Waals surface area contributed by atoms with Crippen LogP contribution in [0.15, 0.2) is 41.2 Å². The summed E-state index contributed by atoms with van der Waals surface area (Å²) >= 11 is 0. The second-order valence-corrected chi connectivity index (χ2v) is 7.13. The molecule has 0 aliphatic heterocycles. The number of nitrogens with one attached hydrogen (secondary N) is 1. The Bertz CT molecular complexity index is 1040. The number of carbonyl (C=O) groups is 1. The molecule has 6 nitrogen and oxygen atoms in total. The maximum atomic E-state index is 12.7. The van der Waals surface area contributed by atoms with E-state index in [1.165, 1.54) is 19.8 Å². The van der Waals surface area contributed by atoms with Gasteiger partial charge in [-0.1, -0.05) is 31.0 Å². The predicted molar refractivity (Wildman–Crippen MR) is 103 cm³/mol. The molecule has 0 atom stereocenters. The number of pyridine rings is 1. The van der Waals surface area contributed by atoms with Crippen LogP contribution >= 0.6 is 0 Å². The molecule has 0 unspecified atom stereocenters. The molecule has 1 fully saturated rings. The number of aromatic amines is 1. The summed E-state index contributed by atoms with van der Waals surface area (Å²) in [6.45, 7) is 3.23. The van der Waals surface area contributed by atoms with Crippen molar-refractivity contribution in [1.29, 1.82) is 0 Å². The molecular weight excluding hydrogens is 340 g/mol. The lowest BCUT2D eigenvalue weighted by Crippen LogP contribution is -2.16. The van der Waals surface area contributed by atoms with Crippen LogP contribution in [0.3, 0.4) is 0 Å². The standard InChI is InChI=1S/C21H22N4O2/c1-13-17(14(2)26)12-18(21(27)22-13)20-23-19(15-8-6-7-9-15)24-25(20)16-10-4-3-5-11-16/h3-5,10-12,15H,6-9H2,1-2H3,(H,22,27). The molecule has 27 heavy (non-hydrogen) atoms. The zero-order chi connectivity index (χ0) is 19.0. The Morgan fingerprint density at radius 1 is 1.19 bits per heavy atom. The molecule has 0 saturated heterocycles. The Balaban J connectivity index is 1.93. The second-order valence-electron chi connectivity index (χ2n) is 7.13. The lowest BCUT2D eigenvalue weighted by Gasteiger charge is -2.08. The molecule has 1 saturated carbocycles. The molecule has 6 heteroatoms. The largest absolute Gasteiger partial charge is 0.325 e. The Kier molecular flexibility index (Phi) is 4.48. The van der Waals surface area contributed by atoms with Crippen LogP contribution in [0.1, 0.15) is 60.4 Å². The molecule has 2 heterocycles. The average molecular weight is 362 g/mol. The number of aromatic nitrogens is 4. The number of rotatable bonds is 4. The lowest BCUT2D eigenvalue weighted by atomic mass is 10.1. The highest BCUT2D eigenvalue weighted by molar-refractivity contribution is 5.96. The highest BCUT2D eigenvalue weighted by Gasteiger charge is 2.25. The monoisotopic (exact) mass is 362 g/mol. The van der Waals surface area contributed by atoms with Gasteiger partial charge in [-0.25, -0.2) is 9.67 Å². The second kappa shape index (κ2) is 6.95. The van der Waals surface area contributed by atoms with Crippen molar-refractivity contribution in [2.24, 2.45) is 0 Å². The highest BCUT2D eigenvalue weighted by atomic mass is 16.1. The number of ketones is 1. The van der Waals surface area contributed by atoms with E-state index < -0.39 is 0 Å². The number of aryl methyl sites for hydroxylation is 1. The van der Waals surface area contributed by atoms with E-state index in [2.05, 4.69) is 4.98 Å². The van der Waals surface area contributed by atoms with Crippen molar-refractivity contribution in [2.45, 2.75) is 45.4 Å². The minimum atomic E-state index is -0.264. The van der Waals surface area contributed by atoms with Gasteiger partial charge in [0, 0.05) is 17.2 Å². The van der Waals surface area contributed by atoms with Crippen molar-refractivity contribution in [3.8, 4) is 17.1 Å². The SMILES string of the molecule is CC(=O)c1cc(-c2nc(C3CCCC3)nn2-c2ccccc2)c(=O)[nH]c1C. The van der Waals surface area contributed by atoms with Gasteiger partial charge < -0.3 is 4.98 Å². The third-order valence-electron chi connectivity index (χ3n) is 5.20. The van der Waals surface area contributed by atoms with Gasteiger partial charge in [-0.3, -0.25) is 9.59 Å². The summed E-state index contributed by atoms with van der Waals surface area (Å²) in [7, 11) is 0. The molecule has 4 rings (SSSR count). The van der Waals surface area contributed by atoms with Crippen molar-refractivity contribution >= 4 is 5.78 Å². The van der Waals surface area contributed by atoms with Crippen molar-refractivity contribution in [2.75, 3.05) is 0 Å². The molecule has 0 spiro atoms. The van der Waals surface area contributed by atoms with E-state index >= 15 is 0 Å². The molecule has 0 amide bonds. The normalized spacial score (nSPS) is 14.6. The van der Waals surface area contributed by atoms with E-state index in [1.54, 1.807) is 17.7 Å². The molecule has 1 aliphatic carbocycles. The smallest absolute Gasteiger partial charge is 0.259 e. The number of benzene rings is 1. The van der Waals surface area contributed by atoms with Crippen molar-refractivity contribution < 1.29 is 4.79 Å². The minimum absolute atomic E-state index is 0.0909. The minimum Gasteiger partial charge on any atom is -0.325 e. The van der Waals surface area contributed by atoms with Gasteiger partial charge in [0.05, 0.1) is 11.3 Å². The summed E-state index contributed by atoms with van der Waals surface area (Å²) in [5.74, 6) is 1.49. The van der Waals surface area contributed by atoms with Crippen LogP contribution in [0.4, 0.5) is 0 Å². The van der Waals surface area contributed by atoms with E-state index in [1.807, 2.05) is 30.3 Å². The van der Waals surface area contributed by atoms with Crippen LogP contribution < -0.4 is 5.56 Å². The molecule has 0 bridgehead atoms. The van der Waals surface area contributed by atoms with Gasteiger partial charge in [0.25, 0.3) is 5.56 Å². The number of hydrogen-bond acceptors (Lipinski definition) is 4. The van der Waals surface area contributed by atoms with Crippen LogP contribution in [0.5, 0.6) is 0 Å². The molecule has 3 aromatic rings. The van der Waals surface area contributed by atoms with E-state index in [4.69, 9.17) is 10.1 Å². The van der Waals surface area contributed by atoms with E-state index in [-0.39, 0.29) is 11.3 Å². The van der Waals surface area contributed by atoms with Crippen molar-refractivity contribution in [3.63, 3.8) is 0 Å². The van der Waals surface area contributed by atoms with Gasteiger partial charge in [-0.05, 0) is 44.9 Å². The third-order valence-corrected chi connectivity index (χ3v) is 5.20. The third kappa shape index (κ3) is 3.23. The summed E-state index contributed by atoms with van der Waals surface area (Å²) in [6, 6.07) is 11.3. The molecule has 1 N–H and O–H groups in total. The number of para-hydroxylation sites is 1. The van der Waals surface area contributed by atoms with Gasteiger partial charge in [-0.15, -0.1) is 0 Å². The zero-order valence-electron chi connectivity index (χ0n) is 15.5. The number of H-pyrrole nitrogens is 1. The maximum absolute atomic E-state index is 12.7. The van der Waals surface area contributed by atoms with E-state index in [9.17, 15) is 9.59 Å². The molecule has 138 valence electrons. The fraction of sp³-hybridized carbons (Fsp3) is 0.333. The van der Waals surface area contributed by atoms with Gasteiger partial charge in [0.1, 0.15) is 0 Å². The number of nitrogens with zero attached hydrogens (tertiary/aromatic N) is 3. The molecule has 1 aromatic carbocycles. The molecule has 1 aliphatic rings. The first-order valence-corrected chi connectivity index (χ1v) is 9.32. The summed E-state index contributed by atoms with van der Waals surface area (Å²) < 4.78 is 1.72. The van der Waals surface area contributed by atoms with Gasteiger partial charge in [0.15, 0.2) is 17.4 Å². The maximum Gasteiger partial charge on any atom is 0.259 e. The Labute approximate surface area is 157 Å². The number of carbonyl (C=O) groups excluding carboxylic acids is 1. The zero-order valence-corrected chi connectivity index (χ0v) is 15.5. The molecule has 0 radical (unpaired) electrons. The van der Waals surface area contributed by atoms with Gasteiger partial charge in [0.2, 0.25) is 0 Å². The first kappa shape index (κ1) is 17.4.